The van der Waals surface area contributed by atoms with E-state index >= 15 is 0 Å². The van der Waals surface area contributed by atoms with Crippen LogP contribution < -0.4 is 10.6 Å². The number of methoxy groups -OCH3 is 1. The molecule has 2 amide bonds. The number of hydrogen-bond acceptors (Lipinski definition) is 6. The van der Waals surface area contributed by atoms with Crippen molar-refractivity contribution in [1.82, 2.24) is 10.3 Å². The molecule has 2 N–H and O–H groups in total. The molecule has 0 saturated heterocycles. The number of hydrogen-bond donors (Lipinski definition) is 2. The third-order valence-electron chi connectivity index (χ3n) is 5.01. The van der Waals surface area contributed by atoms with Gasteiger partial charge < -0.3 is 20.1 Å². The van der Waals surface area contributed by atoms with Crippen LogP contribution in [-0.2, 0) is 14.3 Å². The molecule has 0 fully saturated rings. The van der Waals surface area contributed by atoms with Gasteiger partial charge in [-0.1, -0.05) is 19.1 Å². The third-order valence-corrected chi connectivity index (χ3v) is 5.01. The monoisotopic (exact) mass is 479 g/mol. The topological polar surface area (TPSA) is 107 Å². The van der Waals surface area contributed by atoms with E-state index in [0.717, 1.165) is 0 Å². The lowest BCUT2D eigenvalue weighted by Crippen LogP contribution is -2.35. The highest BCUT2D eigenvalue weighted by Crippen LogP contribution is 2.31. The molecule has 0 radical (unpaired) electrons. The van der Waals surface area contributed by atoms with Gasteiger partial charge in [0.05, 0.1) is 30.3 Å². The van der Waals surface area contributed by atoms with Gasteiger partial charge in [-0.2, -0.15) is 0 Å². The number of nitrogens with one attached hydrogen (secondary N) is 2. The van der Waals surface area contributed by atoms with Gasteiger partial charge in [-0.25, -0.2) is 9.59 Å². The Balaban J connectivity index is 2.51. The minimum Gasteiger partial charge on any atom is -0.465 e. The Labute approximate surface area is 206 Å². The highest BCUT2D eigenvalue weighted by Gasteiger charge is 2.22. The fourth-order valence-electron chi connectivity index (χ4n) is 3.17. The van der Waals surface area contributed by atoms with Crippen LogP contribution in [0, 0.1) is 5.92 Å². The van der Waals surface area contributed by atoms with Crippen LogP contribution in [0.2, 0.25) is 0 Å². The summed E-state index contributed by atoms with van der Waals surface area (Å²) in [5.41, 5.74) is 2.02. The predicted octanol–water partition coefficient (Wildman–Crippen LogP) is 5.44. The maximum atomic E-state index is 12.5. The van der Waals surface area contributed by atoms with Crippen molar-refractivity contribution in [1.29, 1.82) is 0 Å². The summed E-state index contributed by atoms with van der Waals surface area (Å²) in [6, 6.07) is 7.92. The molecule has 186 valence electrons. The van der Waals surface area contributed by atoms with E-state index in [2.05, 4.69) is 28.8 Å². The molecule has 8 nitrogen and oxygen atoms in total. The molecule has 0 spiro atoms. The first-order valence-electron chi connectivity index (χ1n) is 11.2. The number of esters is 1. The standard InChI is InChI=1S/C27H33N3O5/c1-8-10-22(30-26(33)35-27(4,5)6)23-16-18(13-14-28-23)20-15-19(25(32)34-7)11-12-21(20)29-24(31)17(3)9-2/h8-9,11-17,22H,1-2,10H2,3-7H3,(H,29,31)(H,30,33). The summed E-state index contributed by atoms with van der Waals surface area (Å²) in [6.45, 7) is 14.5. The number of rotatable bonds is 9. The molecule has 2 rings (SSSR count). The first kappa shape index (κ1) is 27.3. The number of benzene rings is 1. The van der Waals surface area contributed by atoms with Crippen molar-refractivity contribution in [3.8, 4) is 11.1 Å². The van der Waals surface area contributed by atoms with Gasteiger partial charge >= 0.3 is 12.1 Å². The van der Waals surface area contributed by atoms with Gasteiger partial charge in [0.25, 0.3) is 0 Å². The average Bonchev–Trinajstić information content (AvgIpc) is 2.81. The van der Waals surface area contributed by atoms with E-state index < -0.39 is 29.6 Å². The van der Waals surface area contributed by atoms with Gasteiger partial charge in [-0.3, -0.25) is 9.78 Å². The van der Waals surface area contributed by atoms with E-state index in [-0.39, 0.29) is 5.91 Å². The van der Waals surface area contributed by atoms with Crippen molar-refractivity contribution in [3.63, 3.8) is 0 Å². The summed E-state index contributed by atoms with van der Waals surface area (Å²) in [6.07, 6.45) is 4.66. The minimum absolute atomic E-state index is 0.238. The zero-order chi connectivity index (χ0) is 26.2. The zero-order valence-corrected chi connectivity index (χ0v) is 20.9. The Kier molecular flexibility index (Phi) is 9.34. The molecular formula is C27H33N3O5. The van der Waals surface area contributed by atoms with E-state index in [1.54, 1.807) is 76.4 Å². The van der Waals surface area contributed by atoms with Crippen LogP contribution in [0.4, 0.5) is 10.5 Å². The molecule has 0 aliphatic heterocycles. The Bertz CT molecular complexity index is 1100. The Morgan fingerprint density at radius 2 is 1.86 bits per heavy atom. The maximum Gasteiger partial charge on any atom is 0.408 e. The first-order valence-corrected chi connectivity index (χ1v) is 11.2. The first-order chi connectivity index (χ1) is 16.5. The van der Waals surface area contributed by atoms with E-state index in [0.29, 0.717) is 34.5 Å². The molecule has 1 aromatic heterocycles. The molecule has 1 aromatic carbocycles. The summed E-state index contributed by atoms with van der Waals surface area (Å²) < 4.78 is 10.2. The second-order valence-corrected chi connectivity index (χ2v) is 8.96. The lowest BCUT2D eigenvalue weighted by atomic mass is 9.98. The number of carbonyl (C=O) groups is 3. The summed E-state index contributed by atoms with van der Waals surface area (Å²) in [7, 11) is 1.30. The molecule has 2 unspecified atom stereocenters. The molecule has 35 heavy (non-hydrogen) atoms. The molecular weight excluding hydrogens is 446 g/mol. The van der Waals surface area contributed by atoms with Gasteiger partial charge in [0, 0.05) is 17.4 Å². The number of aromatic nitrogens is 1. The summed E-state index contributed by atoms with van der Waals surface area (Å²) >= 11 is 0. The normalized spacial score (nSPS) is 12.6. The van der Waals surface area contributed by atoms with Crippen LogP contribution in [0.5, 0.6) is 0 Å². The van der Waals surface area contributed by atoms with Crippen molar-refractivity contribution in [2.45, 2.75) is 45.8 Å². The minimum atomic E-state index is -0.651. The number of pyridine rings is 1. The largest absolute Gasteiger partial charge is 0.465 e. The van der Waals surface area contributed by atoms with Crippen molar-refractivity contribution in [2.24, 2.45) is 5.92 Å². The Hall–Kier alpha value is -3.94. The number of nitrogens with zero attached hydrogens (tertiary/aromatic N) is 1. The SMILES string of the molecule is C=CCC(NC(=O)OC(C)(C)C)c1cc(-c2cc(C(=O)OC)ccc2NC(=O)C(C)C=C)ccn1. The maximum absolute atomic E-state index is 12.5. The van der Waals surface area contributed by atoms with Gasteiger partial charge in [0.2, 0.25) is 5.91 Å². The van der Waals surface area contributed by atoms with Crippen LogP contribution in [0.15, 0.2) is 61.8 Å². The lowest BCUT2D eigenvalue weighted by molar-refractivity contribution is -0.118. The van der Waals surface area contributed by atoms with E-state index in [1.165, 1.54) is 7.11 Å². The molecule has 0 saturated carbocycles. The molecule has 0 aliphatic rings. The molecule has 0 aliphatic carbocycles. The number of alkyl carbamates (subject to hydrolysis) is 1. The second-order valence-electron chi connectivity index (χ2n) is 8.96. The smallest absolute Gasteiger partial charge is 0.408 e. The van der Waals surface area contributed by atoms with Gasteiger partial charge in [-0.05, 0) is 63.1 Å². The van der Waals surface area contributed by atoms with Crippen LogP contribution in [-0.4, -0.2) is 35.7 Å². The number of ether oxygens (including phenoxy) is 2. The van der Waals surface area contributed by atoms with Crippen molar-refractivity contribution in [3.05, 3.63) is 73.1 Å². The molecule has 2 atom stereocenters. The van der Waals surface area contributed by atoms with Gasteiger partial charge in [-0.15, -0.1) is 13.2 Å². The molecule has 2 aromatic rings. The molecule has 0 bridgehead atoms. The highest BCUT2D eigenvalue weighted by atomic mass is 16.6. The van der Waals surface area contributed by atoms with Crippen LogP contribution in [0.25, 0.3) is 11.1 Å². The zero-order valence-electron chi connectivity index (χ0n) is 20.9. The highest BCUT2D eigenvalue weighted by molar-refractivity contribution is 5.99. The Morgan fingerprint density at radius 3 is 2.46 bits per heavy atom. The van der Waals surface area contributed by atoms with Gasteiger partial charge in [0.15, 0.2) is 0 Å². The number of amides is 2. The number of carbonyl (C=O) groups excluding carboxylic acids is 3. The summed E-state index contributed by atoms with van der Waals surface area (Å²) in [5, 5.41) is 5.71. The lowest BCUT2D eigenvalue weighted by Gasteiger charge is -2.23. The summed E-state index contributed by atoms with van der Waals surface area (Å²) in [5.74, 6) is -1.15. The quantitative estimate of drug-likeness (QED) is 0.366. The van der Waals surface area contributed by atoms with Crippen molar-refractivity contribution >= 4 is 23.7 Å². The van der Waals surface area contributed by atoms with E-state index in [4.69, 9.17) is 9.47 Å². The van der Waals surface area contributed by atoms with E-state index in [9.17, 15) is 14.4 Å². The van der Waals surface area contributed by atoms with Crippen LogP contribution >= 0.6 is 0 Å². The Morgan fingerprint density at radius 1 is 1.14 bits per heavy atom. The van der Waals surface area contributed by atoms with E-state index in [1.807, 2.05) is 0 Å². The number of anilines is 1. The van der Waals surface area contributed by atoms with Gasteiger partial charge in [0.1, 0.15) is 5.60 Å². The molecule has 1 heterocycles. The fraction of sp³-hybridized carbons (Fsp3) is 0.333. The average molecular weight is 480 g/mol. The van der Waals surface area contributed by atoms with Crippen LogP contribution in [0.1, 0.15) is 56.2 Å². The van der Waals surface area contributed by atoms with Crippen molar-refractivity contribution < 1.29 is 23.9 Å². The third kappa shape index (κ3) is 7.81. The predicted molar refractivity (Wildman–Crippen MR) is 136 cm³/mol. The second kappa shape index (κ2) is 12.0. The van der Waals surface area contributed by atoms with Crippen molar-refractivity contribution in [2.75, 3.05) is 12.4 Å². The summed E-state index contributed by atoms with van der Waals surface area (Å²) in [4.78, 5) is 41.5. The molecule has 8 heteroatoms. The fourth-order valence-corrected chi connectivity index (χ4v) is 3.17. The van der Waals surface area contributed by atoms with Crippen LogP contribution in [0.3, 0.4) is 0 Å².